The van der Waals surface area contributed by atoms with E-state index in [2.05, 4.69) is 20.7 Å². The summed E-state index contributed by atoms with van der Waals surface area (Å²) < 4.78 is 53.1. The minimum Gasteiger partial charge on any atom is -0.468 e. The minimum absolute atomic E-state index is 0.000976. The van der Waals surface area contributed by atoms with E-state index in [0.29, 0.717) is 6.42 Å². The second kappa shape index (κ2) is 11.5. The van der Waals surface area contributed by atoms with E-state index < -0.39 is 40.4 Å². The van der Waals surface area contributed by atoms with E-state index in [9.17, 15) is 22.8 Å². The van der Waals surface area contributed by atoms with Gasteiger partial charge in [0.15, 0.2) is 10.9 Å². The molecule has 0 saturated carbocycles. The lowest BCUT2D eigenvalue weighted by molar-refractivity contribution is -0.204. The average Bonchev–Trinajstić information content (AvgIpc) is 2.76. The fourth-order valence-corrected chi connectivity index (χ4v) is 5.28. The van der Waals surface area contributed by atoms with Gasteiger partial charge in [-0.25, -0.2) is 4.79 Å². The number of ether oxygens (including phenoxy) is 2. The Kier molecular flexibility index (Phi) is 9.77. The molecule has 33 heavy (non-hydrogen) atoms. The molecule has 0 radical (unpaired) electrons. The molecule has 0 spiro atoms. The van der Waals surface area contributed by atoms with E-state index in [0.717, 1.165) is 36.6 Å². The molecule has 0 saturated heterocycles. The summed E-state index contributed by atoms with van der Waals surface area (Å²) in [4.78, 5) is 22.0. The molecule has 0 aromatic heterocycles. The molecule has 0 aromatic rings. The monoisotopic (exact) mass is 575 g/mol. The number of hydrogen-bond donors (Lipinski definition) is 0. The van der Waals surface area contributed by atoms with Gasteiger partial charge in [0.2, 0.25) is 0 Å². The highest BCUT2D eigenvalue weighted by atomic mass is 79.9. The fraction of sp³-hybridized carbons (Fsp3) is 0.636. The molecule has 3 unspecified atom stereocenters. The maximum absolute atomic E-state index is 14.4. The highest BCUT2D eigenvalue weighted by Gasteiger charge is 2.66. The molecule has 186 valence electrons. The predicted octanol–water partition coefficient (Wildman–Crippen LogP) is 6.00. The van der Waals surface area contributed by atoms with E-state index >= 15 is 0 Å². The molecule has 2 aliphatic rings. The zero-order chi connectivity index (χ0) is 24.9. The third-order valence-corrected chi connectivity index (χ3v) is 7.19. The van der Waals surface area contributed by atoms with Crippen molar-refractivity contribution in [2.24, 2.45) is 0 Å². The lowest BCUT2D eigenvalue weighted by Gasteiger charge is -2.52. The first-order chi connectivity index (χ1) is 15.4. The zero-order valence-electron chi connectivity index (χ0n) is 18.4. The summed E-state index contributed by atoms with van der Waals surface area (Å²) in [5.74, 6) is -2.14. The number of carbonyl (C=O) groups excluding carboxylic acids is 2. The third-order valence-electron chi connectivity index (χ3n) is 5.67. The van der Waals surface area contributed by atoms with Gasteiger partial charge < -0.3 is 14.4 Å². The maximum atomic E-state index is 14.4. The molecule has 5 nitrogen and oxygen atoms in total. The number of methoxy groups -OCH3 is 1. The van der Waals surface area contributed by atoms with Crippen LogP contribution >= 0.6 is 39.1 Å². The van der Waals surface area contributed by atoms with Crippen molar-refractivity contribution in [3.8, 4) is 0 Å². The summed E-state index contributed by atoms with van der Waals surface area (Å²) in [7, 11) is 0.945. The van der Waals surface area contributed by atoms with E-state index in [1.807, 2.05) is 0 Å². The second-order valence-electron chi connectivity index (χ2n) is 7.96. The number of unbranched alkanes of at least 4 members (excludes halogenated alkanes) is 3. The van der Waals surface area contributed by atoms with Gasteiger partial charge in [-0.15, -0.1) is 11.6 Å². The first-order valence-corrected chi connectivity index (χ1v) is 12.4. The Hall–Kier alpha value is -1.19. The van der Waals surface area contributed by atoms with Gasteiger partial charge in [-0.2, -0.15) is 13.2 Å². The molecular formula is C22H27BrCl2F3NO4. The molecule has 0 fully saturated rings. The summed E-state index contributed by atoms with van der Waals surface area (Å²) in [5.41, 5.74) is -0.184. The van der Waals surface area contributed by atoms with E-state index in [-0.39, 0.29) is 24.3 Å². The molecule has 1 aliphatic heterocycles. The fourth-order valence-electron chi connectivity index (χ4n) is 4.06. The van der Waals surface area contributed by atoms with Gasteiger partial charge in [-0.05, 0) is 25.8 Å². The number of esters is 2. The van der Waals surface area contributed by atoms with Crippen LogP contribution in [0.5, 0.6) is 0 Å². The summed E-state index contributed by atoms with van der Waals surface area (Å²) in [6.45, 7) is 1.46. The molecule has 0 amide bonds. The van der Waals surface area contributed by atoms with Gasteiger partial charge in [0, 0.05) is 23.9 Å². The van der Waals surface area contributed by atoms with Gasteiger partial charge in [0.25, 0.3) is 0 Å². The number of allylic oxidation sites excluding steroid dienone is 3. The SMILES string of the molecule is COC(=O)C1(Cl)CC(C(=O)OCCCCCCBr)=C(C)N(C2(Cl)C=CC=CC2)C1C(F)(F)F. The Morgan fingerprint density at radius 2 is 1.88 bits per heavy atom. The number of nitrogens with zero attached hydrogens (tertiary/aromatic N) is 1. The van der Waals surface area contributed by atoms with Crippen LogP contribution in [0.2, 0.25) is 0 Å². The lowest BCUT2D eigenvalue weighted by Crippen LogP contribution is -2.67. The van der Waals surface area contributed by atoms with Crippen molar-refractivity contribution < 1.29 is 32.2 Å². The molecule has 1 aliphatic carbocycles. The predicted molar refractivity (Wildman–Crippen MR) is 124 cm³/mol. The van der Waals surface area contributed by atoms with Crippen LogP contribution in [-0.2, 0) is 19.1 Å². The quantitative estimate of drug-likeness (QED) is 0.146. The topological polar surface area (TPSA) is 55.8 Å². The molecule has 0 bridgehead atoms. The summed E-state index contributed by atoms with van der Waals surface area (Å²) in [5, 5.41) is 0.879. The van der Waals surface area contributed by atoms with Crippen molar-refractivity contribution in [1.29, 1.82) is 0 Å². The van der Waals surface area contributed by atoms with Crippen molar-refractivity contribution in [1.82, 2.24) is 4.90 Å². The maximum Gasteiger partial charge on any atom is 0.411 e. The number of carbonyl (C=O) groups is 2. The zero-order valence-corrected chi connectivity index (χ0v) is 21.5. The average molecular weight is 577 g/mol. The van der Waals surface area contributed by atoms with Crippen molar-refractivity contribution in [2.75, 3.05) is 19.0 Å². The lowest BCUT2D eigenvalue weighted by atomic mass is 9.82. The highest BCUT2D eigenvalue weighted by Crippen LogP contribution is 2.51. The summed E-state index contributed by atoms with van der Waals surface area (Å²) in [6, 6.07) is -2.53. The summed E-state index contributed by atoms with van der Waals surface area (Å²) in [6.07, 6.45) is 3.84. The Labute approximate surface area is 210 Å². The van der Waals surface area contributed by atoms with Crippen LogP contribution in [0.3, 0.4) is 0 Å². The van der Waals surface area contributed by atoms with Gasteiger partial charge in [0.1, 0.15) is 5.00 Å². The minimum atomic E-state index is -4.96. The van der Waals surface area contributed by atoms with Crippen LogP contribution in [-0.4, -0.2) is 58.0 Å². The van der Waals surface area contributed by atoms with Crippen LogP contribution < -0.4 is 0 Å². The van der Waals surface area contributed by atoms with Crippen molar-refractivity contribution >= 4 is 51.1 Å². The normalized spacial score (nSPS) is 27.6. The molecular weight excluding hydrogens is 550 g/mol. The molecule has 0 aromatic carbocycles. The Morgan fingerprint density at radius 1 is 1.21 bits per heavy atom. The van der Waals surface area contributed by atoms with Crippen LogP contribution in [0.25, 0.3) is 0 Å². The van der Waals surface area contributed by atoms with Crippen LogP contribution in [0.4, 0.5) is 13.2 Å². The number of hydrogen-bond acceptors (Lipinski definition) is 5. The molecule has 3 atom stereocenters. The van der Waals surface area contributed by atoms with Crippen LogP contribution in [0, 0.1) is 0 Å². The van der Waals surface area contributed by atoms with E-state index in [1.54, 1.807) is 12.2 Å². The molecule has 2 rings (SSSR count). The standard InChI is InChI=1S/C22H27BrCl2F3NO4/c1-15-16(17(30)33-13-9-4-3-8-12-23)14-21(25,19(31)32-2)18(22(26,27)28)29(15)20(24)10-6-5-7-11-20/h5-7,10,18H,3-4,8-9,11-14H2,1-2H3. The largest absolute Gasteiger partial charge is 0.468 e. The number of rotatable bonds is 9. The van der Waals surface area contributed by atoms with E-state index in [1.165, 1.54) is 19.1 Å². The highest BCUT2D eigenvalue weighted by molar-refractivity contribution is 9.09. The second-order valence-corrected chi connectivity index (χ2v) is 10.1. The van der Waals surface area contributed by atoms with Crippen LogP contribution in [0.15, 0.2) is 35.6 Å². The Bertz CT molecular complexity index is 833. The molecule has 0 N–H and O–H groups in total. The smallest absolute Gasteiger partial charge is 0.411 e. The first kappa shape index (κ1) is 28.1. The van der Waals surface area contributed by atoms with Crippen molar-refractivity contribution in [2.45, 2.75) is 67.5 Å². The third kappa shape index (κ3) is 6.28. The van der Waals surface area contributed by atoms with Crippen molar-refractivity contribution in [3.05, 3.63) is 35.6 Å². The van der Waals surface area contributed by atoms with E-state index in [4.69, 9.17) is 27.9 Å². The molecule has 1 heterocycles. The molecule has 11 heteroatoms. The first-order valence-electron chi connectivity index (χ1n) is 10.5. The number of alkyl halides is 6. The van der Waals surface area contributed by atoms with Gasteiger partial charge in [0.05, 0.1) is 19.3 Å². The van der Waals surface area contributed by atoms with Crippen molar-refractivity contribution in [3.63, 3.8) is 0 Å². The summed E-state index contributed by atoms with van der Waals surface area (Å²) >= 11 is 16.4. The number of halogens is 6. The Balaban J connectivity index is 2.47. The Morgan fingerprint density at radius 3 is 2.42 bits per heavy atom. The van der Waals surface area contributed by atoms with Gasteiger partial charge in [-0.3, -0.25) is 4.79 Å². The van der Waals surface area contributed by atoms with Gasteiger partial charge >= 0.3 is 18.1 Å². The van der Waals surface area contributed by atoms with Crippen LogP contribution in [0.1, 0.15) is 45.4 Å². The van der Waals surface area contributed by atoms with Gasteiger partial charge in [-0.1, -0.05) is 58.6 Å².